The molecule has 0 saturated carbocycles. The monoisotopic (exact) mass is 469 g/mol. The number of furan rings is 1. The summed E-state index contributed by atoms with van der Waals surface area (Å²) < 4.78 is 11.1. The zero-order valence-corrected chi connectivity index (χ0v) is 19.2. The zero-order valence-electron chi connectivity index (χ0n) is 19.2. The lowest BCUT2D eigenvalue weighted by molar-refractivity contribution is -0.114. The van der Waals surface area contributed by atoms with Gasteiger partial charge in [-0.2, -0.15) is 0 Å². The van der Waals surface area contributed by atoms with Crippen molar-refractivity contribution in [2.45, 2.75) is 13.0 Å². The van der Waals surface area contributed by atoms with Gasteiger partial charge in [-0.25, -0.2) is 0 Å². The van der Waals surface area contributed by atoms with Gasteiger partial charge in [-0.15, -0.1) is 0 Å². The molecule has 35 heavy (non-hydrogen) atoms. The first-order chi connectivity index (χ1) is 17.2. The maximum absolute atomic E-state index is 12.4. The smallest absolute Gasteiger partial charge is 0.251 e. The van der Waals surface area contributed by atoms with E-state index in [1.807, 2.05) is 42.5 Å². The number of anilines is 2. The van der Waals surface area contributed by atoms with Crippen molar-refractivity contribution in [2.75, 3.05) is 23.8 Å². The van der Waals surface area contributed by atoms with Crippen LogP contribution in [0.2, 0.25) is 0 Å². The highest BCUT2D eigenvalue weighted by Gasteiger charge is 2.09. The summed E-state index contributed by atoms with van der Waals surface area (Å²) in [6, 6.07) is 28.0. The molecule has 0 aliphatic carbocycles. The fourth-order valence-electron chi connectivity index (χ4n) is 3.44. The molecular weight excluding hydrogens is 442 g/mol. The Hall–Kier alpha value is -4.52. The van der Waals surface area contributed by atoms with Crippen LogP contribution >= 0.6 is 0 Å². The van der Waals surface area contributed by atoms with E-state index in [2.05, 4.69) is 28.1 Å². The molecule has 0 aliphatic heterocycles. The third-order valence-corrected chi connectivity index (χ3v) is 5.20. The second-order valence-electron chi connectivity index (χ2n) is 7.86. The number of carbonyl (C=O) groups is 2. The van der Waals surface area contributed by atoms with E-state index in [0.717, 1.165) is 17.9 Å². The predicted octanol–water partition coefficient (Wildman–Crippen LogP) is 4.88. The van der Waals surface area contributed by atoms with Crippen molar-refractivity contribution in [1.82, 2.24) is 5.32 Å². The second kappa shape index (κ2) is 12.1. The fourth-order valence-corrected chi connectivity index (χ4v) is 3.44. The Kier molecular flexibility index (Phi) is 8.16. The SMILES string of the molecule is O=C(CNc1cccc(OCCc2ccccc2)c1)Nc1cccc(C(=O)NCc2ccco2)c1. The number of nitrogens with one attached hydrogen (secondary N) is 3. The van der Waals surface area contributed by atoms with Gasteiger partial charge in [-0.1, -0.05) is 42.5 Å². The number of hydrogen-bond acceptors (Lipinski definition) is 5. The van der Waals surface area contributed by atoms with Crippen molar-refractivity contribution in [1.29, 1.82) is 0 Å². The molecule has 0 saturated heterocycles. The lowest BCUT2D eigenvalue weighted by Gasteiger charge is -2.11. The minimum atomic E-state index is -0.250. The van der Waals surface area contributed by atoms with Gasteiger partial charge in [0, 0.05) is 29.4 Å². The Morgan fingerprint density at radius 3 is 2.49 bits per heavy atom. The van der Waals surface area contributed by atoms with Gasteiger partial charge in [0.2, 0.25) is 5.91 Å². The van der Waals surface area contributed by atoms with Gasteiger partial charge in [0.15, 0.2) is 0 Å². The van der Waals surface area contributed by atoms with Gasteiger partial charge < -0.3 is 25.1 Å². The van der Waals surface area contributed by atoms with Crippen molar-refractivity contribution in [2.24, 2.45) is 0 Å². The summed E-state index contributed by atoms with van der Waals surface area (Å²) in [6.07, 6.45) is 2.38. The molecule has 0 radical (unpaired) electrons. The maximum atomic E-state index is 12.4. The third-order valence-electron chi connectivity index (χ3n) is 5.20. The minimum absolute atomic E-state index is 0.0718. The van der Waals surface area contributed by atoms with E-state index in [4.69, 9.17) is 9.15 Å². The highest BCUT2D eigenvalue weighted by atomic mass is 16.5. The molecule has 0 spiro atoms. The lowest BCUT2D eigenvalue weighted by Crippen LogP contribution is -2.24. The van der Waals surface area contributed by atoms with Gasteiger partial charge >= 0.3 is 0 Å². The summed E-state index contributed by atoms with van der Waals surface area (Å²) >= 11 is 0. The van der Waals surface area contributed by atoms with Crippen LogP contribution in [0.5, 0.6) is 5.75 Å². The van der Waals surface area contributed by atoms with Crippen molar-refractivity contribution in [3.05, 3.63) is 114 Å². The number of hydrogen-bond donors (Lipinski definition) is 3. The molecule has 7 heteroatoms. The first-order valence-corrected chi connectivity index (χ1v) is 11.4. The van der Waals surface area contributed by atoms with Gasteiger partial charge in [0.25, 0.3) is 5.91 Å². The molecule has 178 valence electrons. The summed E-state index contributed by atoms with van der Waals surface area (Å²) in [5.41, 5.74) is 2.99. The molecule has 3 aromatic carbocycles. The summed E-state index contributed by atoms with van der Waals surface area (Å²) in [7, 11) is 0. The van der Waals surface area contributed by atoms with Crippen molar-refractivity contribution < 1.29 is 18.7 Å². The summed E-state index contributed by atoms with van der Waals surface area (Å²) in [5.74, 6) is 0.924. The van der Waals surface area contributed by atoms with Crippen molar-refractivity contribution in [3.8, 4) is 5.75 Å². The molecule has 0 aliphatic rings. The highest BCUT2D eigenvalue weighted by molar-refractivity contribution is 5.98. The van der Waals surface area contributed by atoms with Crippen LogP contribution in [0.15, 0.2) is 102 Å². The summed E-state index contributed by atoms with van der Waals surface area (Å²) in [5, 5.41) is 8.71. The predicted molar refractivity (Wildman–Crippen MR) is 136 cm³/mol. The number of benzene rings is 3. The molecule has 0 unspecified atom stereocenters. The quantitative estimate of drug-likeness (QED) is 0.291. The average Bonchev–Trinajstić information content (AvgIpc) is 3.41. The first-order valence-electron chi connectivity index (χ1n) is 11.4. The fraction of sp³-hybridized carbons (Fsp3) is 0.143. The van der Waals surface area contributed by atoms with Crippen LogP contribution in [-0.4, -0.2) is 25.0 Å². The molecule has 2 amide bonds. The minimum Gasteiger partial charge on any atom is -0.493 e. The lowest BCUT2D eigenvalue weighted by atomic mass is 10.2. The molecule has 0 bridgehead atoms. The molecular formula is C28H27N3O4. The van der Waals surface area contributed by atoms with Gasteiger partial charge in [-0.3, -0.25) is 9.59 Å². The van der Waals surface area contributed by atoms with Gasteiger partial charge in [-0.05, 0) is 48.0 Å². The van der Waals surface area contributed by atoms with Crippen LogP contribution in [0, 0.1) is 0 Å². The maximum Gasteiger partial charge on any atom is 0.251 e. The molecule has 4 rings (SSSR count). The molecule has 1 heterocycles. The molecule has 0 fully saturated rings. The first kappa shape index (κ1) is 23.6. The van der Waals surface area contributed by atoms with Crippen LogP contribution in [0.3, 0.4) is 0 Å². The molecule has 4 aromatic rings. The van der Waals surface area contributed by atoms with E-state index in [9.17, 15) is 9.59 Å². The molecule has 3 N–H and O–H groups in total. The van der Waals surface area contributed by atoms with E-state index >= 15 is 0 Å². The third kappa shape index (κ3) is 7.50. The summed E-state index contributed by atoms with van der Waals surface area (Å²) in [6.45, 7) is 0.934. The van der Waals surface area contributed by atoms with E-state index in [1.54, 1.807) is 42.7 Å². The van der Waals surface area contributed by atoms with Gasteiger partial charge in [0.1, 0.15) is 11.5 Å². The largest absolute Gasteiger partial charge is 0.493 e. The van der Waals surface area contributed by atoms with Crippen molar-refractivity contribution >= 4 is 23.2 Å². The standard InChI is InChI=1S/C28H27N3O4/c32-27(31-24-11-4-9-22(17-24)28(33)30-19-26-13-6-15-34-26)20-29-23-10-5-12-25(18-23)35-16-14-21-7-2-1-3-8-21/h1-13,15,17-18,29H,14,16,19-20H2,(H,30,33)(H,31,32). The molecule has 0 atom stereocenters. The van der Waals surface area contributed by atoms with Crippen LogP contribution < -0.4 is 20.7 Å². The number of amides is 2. The van der Waals surface area contributed by atoms with Crippen LogP contribution in [0.1, 0.15) is 21.7 Å². The van der Waals surface area contributed by atoms with E-state index in [1.165, 1.54) is 5.56 Å². The Morgan fingerprint density at radius 1 is 0.829 bits per heavy atom. The normalized spacial score (nSPS) is 10.4. The van der Waals surface area contributed by atoms with E-state index < -0.39 is 0 Å². The van der Waals surface area contributed by atoms with Crippen LogP contribution in [0.25, 0.3) is 0 Å². The number of carbonyl (C=O) groups excluding carboxylic acids is 2. The Bertz CT molecular complexity index is 1240. The van der Waals surface area contributed by atoms with Crippen LogP contribution in [-0.2, 0) is 17.8 Å². The Labute approximate surface area is 204 Å². The van der Waals surface area contributed by atoms with Gasteiger partial charge in [0.05, 0.1) is 26.0 Å². The second-order valence-corrected chi connectivity index (χ2v) is 7.86. The Morgan fingerprint density at radius 2 is 1.66 bits per heavy atom. The van der Waals surface area contributed by atoms with E-state index in [0.29, 0.717) is 30.2 Å². The zero-order chi connectivity index (χ0) is 24.3. The van der Waals surface area contributed by atoms with E-state index in [-0.39, 0.29) is 18.4 Å². The molecule has 1 aromatic heterocycles. The highest BCUT2D eigenvalue weighted by Crippen LogP contribution is 2.18. The summed E-state index contributed by atoms with van der Waals surface area (Å²) in [4.78, 5) is 24.8. The average molecular weight is 470 g/mol. The van der Waals surface area contributed by atoms with Crippen LogP contribution in [0.4, 0.5) is 11.4 Å². The van der Waals surface area contributed by atoms with Crippen molar-refractivity contribution in [3.63, 3.8) is 0 Å². The number of ether oxygens (including phenoxy) is 1. The molecule has 7 nitrogen and oxygen atoms in total. The Balaban J connectivity index is 1.23. The topological polar surface area (TPSA) is 92.6 Å². The number of rotatable bonds is 11.